The number of hydrogen-bond donors (Lipinski definition) is 1. The van der Waals surface area contributed by atoms with Gasteiger partial charge in [0.25, 0.3) is 5.56 Å². The average molecular weight is 237 g/mol. The van der Waals surface area contributed by atoms with Crippen LogP contribution in [0.2, 0.25) is 0 Å². The summed E-state index contributed by atoms with van der Waals surface area (Å²) in [5, 5.41) is 10.1. The van der Waals surface area contributed by atoms with Crippen LogP contribution in [0.5, 0.6) is 0 Å². The van der Waals surface area contributed by atoms with Gasteiger partial charge in [0.1, 0.15) is 0 Å². The predicted octanol–water partition coefficient (Wildman–Crippen LogP) is 2.25. The molecular weight excluding hydrogens is 222 g/mol. The fourth-order valence-electron chi connectivity index (χ4n) is 1.76. The first-order valence-corrected chi connectivity index (χ1v) is 6.14. The Balaban J connectivity index is 2.61. The van der Waals surface area contributed by atoms with Crippen molar-refractivity contribution in [3.63, 3.8) is 0 Å². The Morgan fingerprint density at radius 3 is 2.62 bits per heavy atom. The molecule has 1 aromatic carbocycles. The Hall–Kier alpha value is -1.13. The van der Waals surface area contributed by atoms with Crippen molar-refractivity contribution < 1.29 is 5.11 Å². The van der Waals surface area contributed by atoms with Gasteiger partial charge in [-0.25, -0.2) is 0 Å². The molecule has 0 spiro atoms. The maximum absolute atomic E-state index is 12.1. The van der Waals surface area contributed by atoms with Crippen molar-refractivity contribution in [2.45, 2.75) is 19.9 Å². The molecule has 0 amide bonds. The molecule has 4 heteroatoms. The summed E-state index contributed by atoms with van der Waals surface area (Å²) in [6.07, 6.45) is 0. The highest BCUT2D eigenvalue weighted by molar-refractivity contribution is 7.13. The minimum atomic E-state index is -0.120. The highest BCUT2D eigenvalue weighted by Crippen LogP contribution is 2.23. The van der Waals surface area contributed by atoms with Crippen LogP contribution in [0.1, 0.15) is 19.9 Å². The van der Waals surface area contributed by atoms with Crippen molar-refractivity contribution in [1.29, 1.82) is 0 Å². The van der Waals surface area contributed by atoms with Crippen molar-refractivity contribution >= 4 is 21.6 Å². The number of aromatic nitrogens is 1. The molecule has 16 heavy (non-hydrogen) atoms. The molecule has 0 saturated carbocycles. The van der Waals surface area contributed by atoms with E-state index in [-0.39, 0.29) is 24.1 Å². The van der Waals surface area contributed by atoms with Gasteiger partial charge in [-0.3, -0.25) is 8.75 Å². The molecule has 86 valence electrons. The molecule has 0 radical (unpaired) electrons. The van der Waals surface area contributed by atoms with E-state index in [2.05, 4.69) is 0 Å². The van der Waals surface area contributed by atoms with Gasteiger partial charge in [0.15, 0.2) is 0 Å². The minimum Gasteiger partial charge on any atom is -0.394 e. The number of hydrogen-bond acceptors (Lipinski definition) is 3. The quantitative estimate of drug-likeness (QED) is 0.889. The lowest BCUT2D eigenvalue weighted by molar-refractivity contribution is 0.199. The van der Waals surface area contributed by atoms with Crippen molar-refractivity contribution in [2.24, 2.45) is 5.92 Å². The largest absolute Gasteiger partial charge is 0.394 e. The average Bonchev–Trinajstić information content (AvgIpc) is 2.58. The number of aliphatic hydroxyl groups is 1. The highest BCUT2D eigenvalue weighted by Gasteiger charge is 2.18. The lowest BCUT2D eigenvalue weighted by Crippen LogP contribution is -2.25. The number of nitrogens with zero attached hydrogens (tertiary/aromatic N) is 1. The lowest BCUT2D eigenvalue weighted by Gasteiger charge is -2.17. The molecule has 0 aliphatic heterocycles. The Morgan fingerprint density at radius 1 is 1.38 bits per heavy atom. The van der Waals surface area contributed by atoms with E-state index >= 15 is 0 Å². The molecule has 0 bridgehead atoms. The molecule has 1 atom stereocenters. The van der Waals surface area contributed by atoms with Crippen LogP contribution in [0, 0.1) is 5.92 Å². The molecule has 2 aromatic rings. The Labute approximate surface area is 98.1 Å². The third-order valence-corrected chi connectivity index (χ3v) is 3.96. The normalized spacial score (nSPS) is 13.5. The number of aliphatic hydroxyl groups excluding tert-OH is 1. The molecule has 1 heterocycles. The van der Waals surface area contributed by atoms with E-state index in [1.54, 1.807) is 3.96 Å². The van der Waals surface area contributed by atoms with E-state index < -0.39 is 0 Å². The molecule has 0 saturated heterocycles. The zero-order chi connectivity index (χ0) is 11.7. The summed E-state index contributed by atoms with van der Waals surface area (Å²) in [6, 6.07) is 7.44. The lowest BCUT2D eigenvalue weighted by atomic mass is 10.1. The topological polar surface area (TPSA) is 42.2 Å². The Morgan fingerprint density at radius 2 is 2.06 bits per heavy atom. The van der Waals surface area contributed by atoms with E-state index in [1.807, 2.05) is 38.1 Å². The van der Waals surface area contributed by atoms with Gasteiger partial charge in [-0.2, -0.15) is 0 Å². The fraction of sp³-hybridized carbons (Fsp3) is 0.417. The summed E-state index contributed by atoms with van der Waals surface area (Å²) in [5.74, 6) is 0.246. The number of fused-ring (bicyclic) bond motifs is 1. The second kappa shape index (κ2) is 4.39. The van der Waals surface area contributed by atoms with Crippen molar-refractivity contribution in [1.82, 2.24) is 3.96 Å². The molecule has 1 N–H and O–H groups in total. The van der Waals surface area contributed by atoms with E-state index in [1.165, 1.54) is 11.5 Å². The van der Waals surface area contributed by atoms with Crippen LogP contribution in [0.3, 0.4) is 0 Å². The van der Waals surface area contributed by atoms with E-state index in [9.17, 15) is 9.90 Å². The number of benzene rings is 1. The first-order valence-electron chi connectivity index (χ1n) is 5.36. The van der Waals surface area contributed by atoms with Crippen LogP contribution in [0.25, 0.3) is 10.1 Å². The fourth-order valence-corrected chi connectivity index (χ4v) is 2.99. The van der Waals surface area contributed by atoms with Gasteiger partial charge < -0.3 is 5.11 Å². The SMILES string of the molecule is CC(C)[C@H](CO)n1sc2ccccc2c1=O. The standard InChI is InChI=1S/C12H15NO2S/c1-8(2)10(7-14)13-12(15)9-5-3-4-6-11(9)16-13/h3-6,8,10,14H,7H2,1-2H3/t10-/m0/s1. The third kappa shape index (κ3) is 1.79. The summed E-state index contributed by atoms with van der Waals surface area (Å²) in [7, 11) is 0. The van der Waals surface area contributed by atoms with Gasteiger partial charge >= 0.3 is 0 Å². The van der Waals surface area contributed by atoms with E-state index in [4.69, 9.17) is 0 Å². The number of rotatable bonds is 3. The predicted molar refractivity (Wildman–Crippen MR) is 67.0 cm³/mol. The molecule has 0 unspecified atom stereocenters. The summed E-state index contributed by atoms with van der Waals surface area (Å²) >= 11 is 1.43. The minimum absolute atomic E-state index is 0.00436. The third-order valence-electron chi connectivity index (χ3n) is 2.77. The van der Waals surface area contributed by atoms with Crippen LogP contribution in [-0.4, -0.2) is 15.7 Å². The van der Waals surface area contributed by atoms with Gasteiger partial charge in [0.05, 0.1) is 22.7 Å². The van der Waals surface area contributed by atoms with Crippen molar-refractivity contribution in [2.75, 3.05) is 6.61 Å². The van der Waals surface area contributed by atoms with Crippen LogP contribution < -0.4 is 5.56 Å². The molecule has 0 fully saturated rings. The zero-order valence-corrected chi connectivity index (χ0v) is 10.2. The first kappa shape index (κ1) is 11.4. The molecule has 2 rings (SSSR count). The van der Waals surface area contributed by atoms with Gasteiger partial charge in [0, 0.05) is 0 Å². The summed E-state index contributed by atoms with van der Waals surface area (Å²) < 4.78 is 2.67. The maximum atomic E-state index is 12.1. The zero-order valence-electron chi connectivity index (χ0n) is 9.38. The van der Waals surface area contributed by atoms with E-state index in [0.29, 0.717) is 0 Å². The van der Waals surface area contributed by atoms with Crippen LogP contribution in [-0.2, 0) is 0 Å². The Kier molecular flexibility index (Phi) is 3.12. The van der Waals surface area contributed by atoms with Gasteiger partial charge in [-0.05, 0) is 18.1 Å². The van der Waals surface area contributed by atoms with Gasteiger partial charge in [-0.15, -0.1) is 0 Å². The van der Waals surface area contributed by atoms with Gasteiger partial charge in [-0.1, -0.05) is 37.5 Å². The van der Waals surface area contributed by atoms with E-state index in [0.717, 1.165) is 10.1 Å². The summed E-state index contributed by atoms with van der Waals surface area (Å²) in [6.45, 7) is 4.03. The molecule has 0 aliphatic rings. The smallest absolute Gasteiger partial charge is 0.268 e. The van der Waals surface area contributed by atoms with Crippen molar-refractivity contribution in [3.05, 3.63) is 34.6 Å². The van der Waals surface area contributed by atoms with Crippen LogP contribution in [0.4, 0.5) is 0 Å². The second-order valence-corrected chi connectivity index (χ2v) is 5.23. The Bertz CT molecular complexity index is 541. The molecule has 1 aromatic heterocycles. The van der Waals surface area contributed by atoms with Gasteiger partial charge in [0.2, 0.25) is 0 Å². The first-order chi connectivity index (χ1) is 7.65. The van der Waals surface area contributed by atoms with Crippen LogP contribution in [0.15, 0.2) is 29.1 Å². The summed E-state index contributed by atoms with van der Waals surface area (Å²) in [5.41, 5.74) is 0.00773. The van der Waals surface area contributed by atoms with Crippen molar-refractivity contribution in [3.8, 4) is 0 Å². The van der Waals surface area contributed by atoms with Crippen LogP contribution >= 0.6 is 11.5 Å². The maximum Gasteiger partial charge on any atom is 0.268 e. The highest BCUT2D eigenvalue weighted by atomic mass is 32.1. The monoisotopic (exact) mass is 237 g/mol. The molecule has 3 nitrogen and oxygen atoms in total. The molecule has 0 aliphatic carbocycles. The summed E-state index contributed by atoms with van der Waals surface area (Å²) in [4.78, 5) is 12.1. The molecular formula is C12H15NO2S. The second-order valence-electron chi connectivity index (χ2n) is 4.21.